The molecule has 0 saturated carbocycles. The van der Waals surface area contributed by atoms with Crippen LogP contribution in [0.15, 0.2) is 54.6 Å². The fraction of sp³-hybridized carbons (Fsp3) is 0.474. The topological polar surface area (TPSA) is 301 Å². The number of aliphatic carboxylic acids is 1. The van der Waals surface area contributed by atoms with E-state index in [-0.39, 0.29) is 30.9 Å². The van der Waals surface area contributed by atoms with Crippen molar-refractivity contribution in [2.75, 3.05) is 13.1 Å². The second-order valence-corrected chi connectivity index (χ2v) is 13.9. The zero-order chi connectivity index (χ0) is 41.9. The molecule has 0 radical (unpaired) electrons. The smallest absolute Gasteiger partial charge is 0.326 e. The van der Waals surface area contributed by atoms with Crippen molar-refractivity contribution >= 4 is 47.3 Å². The summed E-state index contributed by atoms with van der Waals surface area (Å²) in [5.74, 6) is -7.10. The predicted molar refractivity (Wildman–Crippen MR) is 204 cm³/mol. The van der Waals surface area contributed by atoms with Gasteiger partial charge in [0.1, 0.15) is 29.9 Å². The minimum absolute atomic E-state index is 0.00371. The lowest BCUT2D eigenvalue weighted by Crippen LogP contribution is -2.58. The lowest BCUT2D eigenvalue weighted by Gasteiger charge is -2.27. The third kappa shape index (κ3) is 16.5. The molecule has 0 unspecified atom stereocenters. The van der Waals surface area contributed by atoms with Gasteiger partial charge in [0.2, 0.25) is 41.4 Å². The number of carbonyl (C=O) groups excluding carboxylic acids is 7. The van der Waals surface area contributed by atoms with Crippen molar-refractivity contribution in [3.8, 4) is 5.75 Å². The molecule has 2 aromatic rings. The Morgan fingerprint density at radius 1 is 0.661 bits per heavy atom. The Hall–Kier alpha value is -6.04. The van der Waals surface area contributed by atoms with Crippen molar-refractivity contribution in [3.05, 3.63) is 65.7 Å². The van der Waals surface area contributed by atoms with E-state index in [0.29, 0.717) is 17.5 Å². The number of benzene rings is 2. The van der Waals surface area contributed by atoms with Crippen molar-refractivity contribution in [3.63, 3.8) is 0 Å². The second-order valence-electron chi connectivity index (χ2n) is 13.9. The van der Waals surface area contributed by atoms with Crippen LogP contribution in [-0.2, 0) is 51.2 Å². The number of carboxylic acids is 1. The molecule has 2 aromatic carbocycles. The summed E-state index contributed by atoms with van der Waals surface area (Å²) in [7, 11) is 0. The molecular weight excluding hydrogens is 728 g/mol. The molecule has 56 heavy (non-hydrogen) atoms. The largest absolute Gasteiger partial charge is 0.508 e. The molecule has 306 valence electrons. The Bertz CT molecular complexity index is 1670. The van der Waals surface area contributed by atoms with Gasteiger partial charge < -0.3 is 53.6 Å². The Kier molecular flexibility index (Phi) is 18.9. The van der Waals surface area contributed by atoms with E-state index in [2.05, 4.69) is 31.9 Å². The molecule has 0 aliphatic heterocycles. The van der Waals surface area contributed by atoms with E-state index in [9.17, 15) is 48.6 Å². The van der Waals surface area contributed by atoms with Crippen molar-refractivity contribution in [1.82, 2.24) is 31.9 Å². The second kappa shape index (κ2) is 23.0. The fourth-order valence-electron chi connectivity index (χ4n) is 5.43. The van der Waals surface area contributed by atoms with E-state index in [0.717, 1.165) is 0 Å². The first-order chi connectivity index (χ1) is 26.4. The summed E-state index contributed by atoms with van der Waals surface area (Å²) in [6, 6.07) is 8.44. The molecule has 2 rings (SSSR count). The van der Waals surface area contributed by atoms with Crippen LogP contribution in [-0.4, -0.2) is 101 Å². The maximum Gasteiger partial charge on any atom is 0.326 e. The standard InChI is InChI=1S/C38H54N8O10/c1-5-22(4)33(46-32(50)20-42-36(53)28(16-23-9-7-6-8-10-23)44-34(51)26(39)18-30(40)48)37(54)45-27(15-21(2)3)35(52)41-19-31(49)43-29(38(55)56)17-24-11-13-25(47)14-12-24/h6-14,21-22,26-29,33,47H,5,15-20,39H2,1-4H3,(H2,40,48)(H,41,52)(H,42,53)(H,43,49)(H,44,51)(H,45,54)(H,46,50)(H,55,56)/t22-,26-,27-,28-,29-,33-/m0/s1. The van der Waals surface area contributed by atoms with Crippen LogP contribution in [0.1, 0.15) is 58.1 Å². The highest BCUT2D eigenvalue weighted by Crippen LogP contribution is 2.13. The van der Waals surface area contributed by atoms with E-state index in [1.807, 2.05) is 13.8 Å². The highest BCUT2D eigenvalue weighted by Gasteiger charge is 2.31. The molecule has 0 heterocycles. The molecule has 0 bridgehead atoms. The monoisotopic (exact) mass is 782 g/mol. The quantitative estimate of drug-likeness (QED) is 0.0634. The lowest BCUT2D eigenvalue weighted by molar-refractivity contribution is -0.141. The summed E-state index contributed by atoms with van der Waals surface area (Å²) in [6.45, 7) is 5.97. The highest BCUT2D eigenvalue weighted by molar-refractivity contribution is 5.96. The number of rotatable bonds is 23. The van der Waals surface area contributed by atoms with Crippen LogP contribution < -0.4 is 43.4 Å². The molecule has 12 N–H and O–H groups in total. The predicted octanol–water partition coefficient (Wildman–Crippen LogP) is -1.27. The molecule has 0 aromatic heterocycles. The number of carbonyl (C=O) groups is 8. The van der Waals surface area contributed by atoms with Crippen LogP contribution in [0, 0.1) is 11.8 Å². The lowest BCUT2D eigenvalue weighted by atomic mass is 9.96. The van der Waals surface area contributed by atoms with E-state index in [4.69, 9.17) is 11.5 Å². The highest BCUT2D eigenvalue weighted by atomic mass is 16.4. The number of carboxylic acid groups (broad SMARTS) is 1. The molecule has 7 amide bonds. The van der Waals surface area contributed by atoms with E-state index in [1.165, 1.54) is 24.3 Å². The first kappa shape index (κ1) is 46.1. The average molecular weight is 783 g/mol. The van der Waals surface area contributed by atoms with Gasteiger partial charge in [0, 0.05) is 12.8 Å². The SMILES string of the molecule is CC[C@H](C)[C@H](NC(=O)CNC(=O)[C@H](Cc1ccccc1)NC(=O)[C@@H](N)CC(N)=O)C(=O)N[C@@H](CC(C)C)C(=O)NCC(=O)N[C@@H](Cc1ccc(O)cc1)C(=O)O. The Morgan fingerprint density at radius 3 is 1.71 bits per heavy atom. The molecule has 0 fully saturated rings. The molecular formula is C38H54N8O10. The molecule has 0 saturated heterocycles. The summed E-state index contributed by atoms with van der Waals surface area (Å²) < 4.78 is 0. The van der Waals surface area contributed by atoms with Gasteiger partial charge in [0.15, 0.2) is 0 Å². The van der Waals surface area contributed by atoms with Crippen LogP contribution in [0.25, 0.3) is 0 Å². The van der Waals surface area contributed by atoms with Crippen molar-refractivity contribution in [1.29, 1.82) is 0 Å². The first-order valence-electron chi connectivity index (χ1n) is 18.2. The molecule has 6 atom stereocenters. The van der Waals surface area contributed by atoms with Gasteiger partial charge in [-0.15, -0.1) is 0 Å². The van der Waals surface area contributed by atoms with Crippen LogP contribution in [0.3, 0.4) is 0 Å². The molecule has 18 heteroatoms. The first-order valence-corrected chi connectivity index (χ1v) is 18.2. The van der Waals surface area contributed by atoms with Gasteiger partial charge in [0.05, 0.1) is 25.6 Å². The van der Waals surface area contributed by atoms with Gasteiger partial charge in [-0.1, -0.05) is 76.6 Å². The zero-order valence-electron chi connectivity index (χ0n) is 32.0. The maximum absolute atomic E-state index is 13.6. The summed E-state index contributed by atoms with van der Waals surface area (Å²) >= 11 is 0. The fourth-order valence-corrected chi connectivity index (χ4v) is 5.43. The summed E-state index contributed by atoms with van der Waals surface area (Å²) in [4.78, 5) is 102. The van der Waals surface area contributed by atoms with Gasteiger partial charge in [0.25, 0.3) is 0 Å². The average Bonchev–Trinajstić information content (AvgIpc) is 3.14. The molecule has 18 nitrogen and oxygen atoms in total. The van der Waals surface area contributed by atoms with Gasteiger partial charge in [-0.3, -0.25) is 33.6 Å². The third-order valence-corrected chi connectivity index (χ3v) is 8.68. The number of phenols is 1. The molecule has 0 aliphatic rings. The molecule has 0 aliphatic carbocycles. The normalized spacial score (nSPS) is 14.1. The number of nitrogens with two attached hydrogens (primary N) is 2. The number of hydrogen-bond donors (Lipinski definition) is 10. The van der Waals surface area contributed by atoms with E-state index < -0.39 is 103 Å². The van der Waals surface area contributed by atoms with Crippen molar-refractivity contribution < 1.29 is 48.6 Å². The number of amides is 7. The maximum atomic E-state index is 13.6. The summed E-state index contributed by atoms with van der Waals surface area (Å²) in [6.07, 6.45) is 0.107. The van der Waals surface area contributed by atoms with Gasteiger partial charge in [-0.05, 0) is 41.5 Å². The Balaban J connectivity index is 2.07. The van der Waals surface area contributed by atoms with Crippen LogP contribution in [0.4, 0.5) is 0 Å². The molecule has 0 spiro atoms. The van der Waals surface area contributed by atoms with Crippen LogP contribution >= 0.6 is 0 Å². The van der Waals surface area contributed by atoms with E-state index >= 15 is 0 Å². The van der Waals surface area contributed by atoms with E-state index in [1.54, 1.807) is 44.2 Å². The third-order valence-electron chi connectivity index (χ3n) is 8.68. The Morgan fingerprint density at radius 2 is 1.18 bits per heavy atom. The number of hydrogen-bond acceptors (Lipinski definition) is 10. The van der Waals surface area contributed by atoms with Gasteiger partial charge >= 0.3 is 5.97 Å². The number of nitrogens with one attached hydrogen (secondary N) is 6. The summed E-state index contributed by atoms with van der Waals surface area (Å²) in [5, 5.41) is 34.1. The Labute approximate surface area is 325 Å². The number of aromatic hydroxyl groups is 1. The number of phenolic OH excluding ortho intramolecular Hbond substituents is 1. The minimum atomic E-state index is -1.32. The summed E-state index contributed by atoms with van der Waals surface area (Å²) in [5.41, 5.74) is 12.1. The van der Waals surface area contributed by atoms with Gasteiger partial charge in [-0.25, -0.2) is 4.79 Å². The van der Waals surface area contributed by atoms with Crippen molar-refractivity contribution in [2.45, 2.75) is 90.0 Å². The van der Waals surface area contributed by atoms with Crippen LogP contribution in [0.5, 0.6) is 5.75 Å². The van der Waals surface area contributed by atoms with Crippen LogP contribution in [0.2, 0.25) is 0 Å². The number of primary amides is 1. The van der Waals surface area contributed by atoms with Crippen molar-refractivity contribution in [2.24, 2.45) is 23.3 Å². The minimum Gasteiger partial charge on any atom is -0.508 e. The van der Waals surface area contributed by atoms with Gasteiger partial charge in [-0.2, -0.15) is 0 Å². The zero-order valence-corrected chi connectivity index (χ0v) is 32.0.